The van der Waals surface area contributed by atoms with Crippen molar-refractivity contribution in [2.24, 2.45) is 17.4 Å². The lowest BCUT2D eigenvalue weighted by Crippen LogP contribution is -2.60. The Bertz CT molecular complexity index is 2360. The second-order valence-electron chi connectivity index (χ2n) is 19.7. The Hall–Kier alpha value is -7.46. The van der Waals surface area contributed by atoms with Gasteiger partial charge in [0.15, 0.2) is 0 Å². The molecule has 0 fully saturated rings. The molecule has 0 aliphatic heterocycles. The molecular weight excluding hydrogens is 1000 g/mol. The van der Waals surface area contributed by atoms with Crippen LogP contribution in [0.3, 0.4) is 0 Å². The van der Waals surface area contributed by atoms with Gasteiger partial charge in [-0.1, -0.05) is 95.8 Å². The van der Waals surface area contributed by atoms with Gasteiger partial charge in [0.2, 0.25) is 47.8 Å². The monoisotopic (exact) mass is 1090 g/mol. The van der Waals surface area contributed by atoms with Gasteiger partial charge in [0.05, 0.1) is 0 Å². The second-order valence-corrected chi connectivity index (χ2v) is 19.7. The van der Waals surface area contributed by atoms with Gasteiger partial charge >= 0.3 is 0 Å². The third-order valence-corrected chi connectivity index (χ3v) is 12.8. The fourth-order valence-electron chi connectivity index (χ4n) is 8.39. The fraction of sp³-hybridized carbons (Fsp3) is 0.518. The number of phenolic OH excluding ortho intramolecular Hbond substituents is 1. The molecule has 0 saturated carbocycles. The third kappa shape index (κ3) is 24.3. The van der Waals surface area contributed by atoms with Gasteiger partial charge in [-0.25, -0.2) is 9.82 Å². The van der Waals surface area contributed by atoms with E-state index >= 15 is 0 Å². The van der Waals surface area contributed by atoms with Gasteiger partial charge in [-0.05, 0) is 118 Å². The van der Waals surface area contributed by atoms with Gasteiger partial charge in [0.25, 0.3) is 5.91 Å². The minimum Gasteiger partial charge on any atom is -0.508 e. The van der Waals surface area contributed by atoms with E-state index < -0.39 is 95.4 Å². The number of carbonyl (C=O) groups excluding carboxylic acids is 9. The Kier molecular flexibility index (Phi) is 29.7. The predicted molar refractivity (Wildman–Crippen MR) is 293 cm³/mol. The Balaban J connectivity index is 1.95. The minimum atomic E-state index is -1.39. The molecule has 22 heteroatoms. The summed E-state index contributed by atoms with van der Waals surface area (Å²) in [6.07, 6.45) is 5.26. The fourth-order valence-corrected chi connectivity index (χ4v) is 8.39. The maximum atomic E-state index is 14.6. The molecule has 0 aromatic heterocycles. The number of hydrogen-bond donors (Lipinski definition) is 12. The topological polar surface area (TPSA) is 334 Å². The minimum absolute atomic E-state index is 0.00754. The largest absolute Gasteiger partial charge is 0.508 e. The van der Waals surface area contributed by atoms with E-state index in [1.807, 2.05) is 27.7 Å². The van der Waals surface area contributed by atoms with Crippen LogP contribution in [0.5, 0.6) is 5.75 Å². The standard InChI is InChI=1S/C56H82FN11O10/c1-5-7-18-43(63-55(77)47(33-37-16-10-9-11-17-37)67-54(76)46(32-36(3)4)65-53(75)45(19-8-6-2)68-61-35-69)52(74)66-48(34-38-22-28-41(70)29-23-38)56(78)64-44(51(73)62-42(49(59)71)20-12-14-30-58)21-13-15-31-60-50(72)39-24-26-40(57)27-25-39/h9-11,16-17,22-29,35-36,42-48,68,70H,5-8,12-15,18-21,30-34,58H2,1-4H3,(H2,59,71)(H,60,72)(H,61,69)(H,62,73)(H,63,77)(H,64,78)(H,65,75)(H,66,74)(H,67,76)/t42-,43+,44-,45+,46+,47+,48+/m1/s1/i57-1. The van der Waals surface area contributed by atoms with E-state index in [0.29, 0.717) is 69.0 Å². The Morgan fingerprint density at radius 1 is 0.551 bits per heavy atom. The number of phenols is 1. The Morgan fingerprint density at radius 3 is 1.53 bits per heavy atom. The molecule has 0 heterocycles. The molecule has 21 nitrogen and oxygen atoms in total. The average Bonchev–Trinajstić information content (AvgIpc) is 3.41. The maximum Gasteiger partial charge on any atom is 0.251 e. The van der Waals surface area contributed by atoms with Crippen LogP contribution >= 0.6 is 0 Å². The van der Waals surface area contributed by atoms with E-state index in [0.717, 1.165) is 18.6 Å². The normalized spacial score (nSPS) is 13.7. The number of unbranched alkanes of at least 4 members (excludes halogenated alkanes) is 4. The molecule has 0 saturated heterocycles. The van der Waals surface area contributed by atoms with Crippen molar-refractivity contribution in [2.45, 2.75) is 166 Å². The number of halogens is 1. The van der Waals surface area contributed by atoms with Crippen LogP contribution in [0.1, 0.15) is 133 Å². The van der Waals surface area contributed by atoms with Crippen LogP contribution in [-0.2, 0) is 51.2 Å². The van der Waals surface area contributed by atoms with Gasteiger partial charge in [-0.15, -0.1) is 0 Å². The zero-order valence-electron chi connectivity index (χ0n) is 45.4. The molecule has 0 aliphatic rings. The van der Waals surface area contributed by atoms with Crippen LogP contribution in [0, 0.1) is 11.7 Å². The van der Waals surface area contributed by atoms with Crippen molar-refractivity contribution in [1.29, 1.82) is 0 Å². The summed E-state index contributed by atoms with van der Waals surface area (Å²) >= 11 is 0. The van der Waals surface area contributed by atoms with Gasteiger partial charge in [-0.3, -0.25) is 48.6 Å². The van der Waals surface area contributed by atoms with Crippen LogP contribution in [0.25, 0.3) is 0 Å². The van der Waals surface area contributed by atoms with Crippen molar-refractivity contribution < 1.29 is 52.6 Å². The molecule has 0 spiro atoms. The van der Waals surface area contributed by atoms with Crippen LogP contribution < -0.4 is 59.5 Å². The number of benzene rings is 3. The smallest absolute Gasteiger partial charge is 0.251 e. The molecule has 428 valence electrons. The highest BCUT2D eigenvalue weighted by Crippen LogP contribution is 2.15. The summed E-state index contributed by atoms with van der Waals surface area (Å²) in [5.74, 6) is -6.08. The summed E-state index contributed by atoms with van der Waals surface area (Å²) in [5.41, 5.74) is 17.8. The molecule has 14 N–H and O–H groups in total. The number of rotatable bonds is 38. The molecule has 3 rings (SSSR count). The third-order valence-electron chi connectivity index (χ3n) is 12.8. The van der Waals surface area contributed by atoms with E-state index in [2.05, 4.69) is 48.1 Å². The molecule has 0 aliphatic carbocycles. The molecule has 0 radical (unpaired) electrons. The van der Waals surface area contributed by atoms with Crippen molar-refractivity contribution >= 4 is 53.7 Å². The zero-order chi connectivity index (χ0) is 57.4. The SMILES string of the molecule is CCCC[C@H](NNC=O)C(=O)N[C@@H](CC(C)C)C(=O)N[C@@H](Cc1ccccc1)C(=O)N[C@@H](CCCC)C(=O)N[C@@H](Cc1ccc(O)cc1)C(=O)N[C@H](CCCCNC(=O)c1ccc([18F])cc1)C(=O)N[C@H](CCCCN)C(N)=O. The highest BCUT2D eigenvalue weighted by atomic mass is 18.2. The molecule has 0 unspecified atom stereocenters. The van der Waals surface area contributed by atoms with Crippen LogP contribution in [-0.4, -0.2) is 114 Å². The number of nitrogens with one attached hydrogen (secondary N) is 9. The molecule has 3 aromatic rings. The number of hydrazine groups is 1. The number of hydrogen-bond acceptors (Lipinski definition) is 12. The maximum absolute atomic E-state index is 14.6. The first-order valence-electron chi connectivity index (χ1n) is 27.0. The van der Waals surface area contributed by atoms with Crippen molar-refractivity contribution in [3.05, 3.63) is 101 Å². The number of aromatic hydroxyl groups is 1. The highest BCUT2D eigenvalue weighted by molar-refractivity contribution is 5.97. The zero-order valence-corrected chi connectivity index (χ0v) is 45.4. The Morgan fingerprint density at radius 2 is 1.00 bits per heavy atom. The molecule has 78 heavy (non-hydrogen) atoms. The van der Waals surface area contributed by atoms with E-state index in [-0.39, 0.29) is 68.7 Å². The van der Waals surface area contributed by atoms with E-state index in [4.69, 9.17) is 11.5 Å². The quantitative estimate of drug-likeness (QED) is 0.0224. The number of amides is 9. The number of nitrogens with two attached hydrogens (primary N) is 2. The van der Waals surface area contributed by atoms with Crippen LogP contribution in [0.15, 0.2) is 78.9 Å². The summed E-state index contributed by atoms with van der Waals surface area (Å²) in [5, 5.41) is 29.4. The Labute approximate surface area is 456 Å². The number of carbonyl (C=O) groups is 9. The van der Waals surface area contributed by atoms with Gasteiger partial charge in [-0.2, -0.15) is 0 Å². The lowest BCUT2D eigenvalue weighted by Gasteiger charge is -2.28. The molecule has 7 atom stereocenters. The summed E-state index contributed by atoms with van der Waals surface area (Å²) in [6.45, 7) is 8.09. The summed E-state index contributed by atoms with van der Waals surface area (Å²) in [6, 6.07) is 11.6. The lowest BCUT2D eigenvalue weighted by molar-refractivity contribution is -0.135. The van der Waals surface area contributed by atoms with Crippen molar-refractivity contribution in [2.75, 3.05) is 13.1 Å². The second kappa shape index (κ2) is 35.8. The predicted octanol–water partition coefficient (Wildman–Crippen LogP) is 2.49. The van der Waals surface area contributed by atoms with Crippen molar-refractivity contribution in [1.82, 2.24) is 48.1 Å². The van der Waals surface area contributed by atoms with E-state index in [1.54, 1.807) is 42.5 Å². The molecule has 3 aromatic carbocycles. The number of primary amides is 1. The lowest BCUT2D eigenvalue weighted by atomic mass is 9.99. The first kappa shape index (κ1) is 64.8. The summed E-state index contributed by atoms with van der Waals surface area (Å²) in [4.78, 5) is 122. The summed E-state index contributed by atoms with van der Waals surface area (Å²) < 4.78 is 13.5. The first-order valence-corrected chi connectivity index (χ1v) is 27.0. The van der Waals surface area contributed by atoms with E-state index in [1.165, 1.54) is 24.3 Å². The summed E-state index contributed by atoms with van der Waals surface area (Å²) in [7, 11) is 0. The van der Waals surface area contributed by atoms with Gasteiger partial charge in [0, 0.05) is 24.9 Å². The van der Waals surface area contributed by atoms with Crippen LogP contribution in [0.4, 0.5) is 4.39 Å². The van der Waals surface area contributed by atoms with E-state index in [9.17, 15) is 52.6 Å². The molecule has 0 bridgehead atoms. The highest BCUT2D eigenvalue weighted by Gasteiger charge is 2.34. The van der Waals surface area contributed by atoms with Crippen LogP contribution in [0.2, 0.25) is 0 Å². The average molecular weight is 1090 g/mol. The van der Waals surface area contributed by atoms with Gasteiger partial charge in [0.1, 0.15) is 53.9 Å². The van der Waals surface area contributed by atoms with Crippen molar-refractivity contribution in [3.63, 3.8) is 0 Å². The first-order chi connectivity index (χ1) is 37.4. The molecular formula is C56H82FN11O10. The van der Waals surface area contributed by atoms with Crippen molar-refractivity contribution in [3.8, 4) is 5.75 Å². The van der Waals surface area contributed by atoms with Gasteiger partial charge < -0.3 is 53.8 Å². The molecule has 9 amide bonds.